The van der Waals surface area contributed by atoms with E-state index < -0.39 is 15.8 Å². The molecule has 3 aromatic rings. The Labute approximate surface area is 245 Å². The van der Waals surface area contributed by atoms with Gasteiger partial charge in [-0.05, 0) is 93.5 Å². The maximum atomic E-state index is 13.7. The Morgan fingerprint density at radius 3 is 2.55 bits per heavy atom. The van der Waals surface area contributed by atoms with Crippen LogP contribution in [0.3, 0.4) is 0 Å². The summed E-state index contributed by atoms with van der Waals surface area (Å²) in [5, 5.41) is 10.4. The second-order valence-corrected chi connectivity index (χ2v) is 12.6. The highest BCUT2D eigenvalue weighted by atomic mass is 32.2. The molecule has 0 saturated carbocycles. The number of hydrogen-bond acceptors (Lipinski definition) is 7. The number of halogens is 1. The molecule has 2 aliphatic heterocycles. The maximum Gasteiger partial charge on any atom is 0.260 e. The smallest absolute Gasteiger partial charge is 0.260 e. The predicted molar refractivity (Wildman–Crippen MR) is 155 cm³/mol. The monoisotopic (exact) mass is 598 g/mol. The fourth-order valence-electron chi connectivity index (χ4n) is 5.29. The maximum absolute atomic E-state index is 13.7. The molecule has 1 saturated heterocycles. The highest BCUT2D eigenvalue weighted by Crippen LogP contribution is 2.38. The molecule has 9 nitrogen and oxygen atoms in total. The number of carbonyl (C=O) groups excluding carboxylic acids is 1. The number of piperidine rings is 1. The number of benzene rings is 3. The lowest BCUT2D eigenvalue weighted by Gasteiger charge is -2.32. The van der Waals surface area contributed by atoms with Gasteiger partial charge in [0.15, 0.2) is 18.1 Å². The second kappa shape index (κ2) is 12.6. The van der Waals surface area contributed by atoms with Gasteiger partial charge >= 0.3 is 0 Å². The van der Waals surface area contributed by atoms with Gasteiger partial charge < -0.3 is 24.2 Å². The van der Waals surface area contributed by atoms with Crippen LogP contribution in [0.15, 0.2) is 59.5 Å². The fraction of sp³-hybridized carbons (Fsp3) is 0.387. The summed E-state index contributed by atoms with van der Waals surface area (Å²) in [5.41, 5.74) is 1.62. The topological polar surface area (TPSA) is 114 Å². The molecule has 0 unspecified atom stereocenters. The van der Waals surface area contributed by atoms with Gasteiger partial charge in [-0.2, -0.15) is 0 Å². The van der Waals surface area contributed by atoms with Crippen molar-refractivity contribution in [2.24, 2.45) is 5.92 Å². The summed E-state index contributed by atoms with van der Waals surface area (Å²) in [7, 11) is -3.86. The van der Waals surface area contributed by atoms with Crippen molar-refractivity contribution in [2.45, 2.75) is 50.5 Å². The second-order valence-electron chi connectivity index (χ2n) is 10.9. The van der Waals surface area contributed by atoms with E-state index in [1.54, 1.807) is 18.7 Å². The SMILES string of the molecule is CC(C)NS(=O)(=O)c1ccc(OCC(=O)N2CCC(CCc3ccc4c(c3)OCO4)CC2)c(-c2ccc(F)cc2O)c1. The fourth-order valence-corrected chi connectivity index (χ4v) is 6.57. The van der Waals surface area contributed by atoms with E-state index in [-0.39, 0.29) is 52.9 Å². The third-order valence-corrected chi connectivity index (χ3v) is 9.15. The average Bonchev–Trinajstić information content (AvgIpc) is 3.42. The number of ether oxygens (including phenoxy) is 3. The first-order chi connectivity index (χ1) is 20.1. The van der Waals surface area contributed by atoms with Crippen molar-refractivity contribution in [1.82, 2.24) is 9.62 Å². The minimum atomic E-state index is -3.86. The van der Waals surface area contributed by atoms with Gasteiger partial charge in [0.05, 0.1) is 4.90 Å². The lowest BCUT2D eigenvalue weighted by Crippen LogP contribution is -2.41. The van der Waals surface area contributed by atoms with Gasteiger partial charge in [-0.1, -0.05) is 6.07 Å². The first-order valence-electron chi connectivity index (χ1n) is 14.0. The van der Waals surface area contributed by atoms with Crippen LogP contribution in [0.1, 0.15) is 38.7 Å². The zero-order valence-electron chi connectivity index (χ0n) is 23.6. The third-order valence-electron chi connectivity index (χ3n) is 7.50. The van der Waals surface area contributed by atoms with E-state index in [0.717, 1.165) is 49.3 Å². The molecule has 0 aliphatic carbocycles. The molecule has 1 amide bonds. The number of sulfonamides is 1. The molecule has 0 spiro atoms. The molecule has 0 aromatic heterocycles. The van der Waals surface area contributed by atoms with Crippen LogP contribution < -0.4 is 18.9 Å². The average molecular weight is 599 g/mol. The number of nitrogens with one attached hydrogen (secondary N) is 1. The van der Waals surface area contributed by atoms with Crippen LogP contribution in [0, 0.1) is 11.7 Å². The van der Waals surface area contributed by atoms with Crippen LogP contribution in [-0.4, -0.2) is 56.9 Å². The van der Waals surface area contributed by atoms with Crippen LogP contribution in [-0.2, 0) is 21.2 Å². The molecule has 5 rings (SSSR count). The summed E-state index contributed by atoms with van der Waals surface area (Å²) in [5.74, 6) is 1.07. The van der Waals surface area contributed by atoms with E-state index in [2.05, 4.69) is 10.8 Å². The number of amides is 1. The van der Waals surface area contributed by atoms with Crippen molar-refractivity contribution in [1.29, 1.82) is 0 Å². The number of hydrogen-bond donors (Lipinski definition) is 2. The molecule has 11 heteroatoms. The number of likely N-dealkylation sites (tertiary alicyclic amines) is 1. The molecule has 1 fully saturated rings. The molecule has 2 heterocycles. The van der Waals surface area contributed by atoms with Gasteiger partial charge in [0.1, 0.15) is 17.3 Å². The van der Waals surface area contributed by atoms with Crippen molar-refractivity contribution in [3.05, 3.63) is 66.0 Å². The van der Waals surface area contributed by atoms with Crippen molar-refractivity contribution in [3.63, 3.8) is 0 Å². The minimum absolute atomic E-state index is 0.0450. The molecule has 2 N–H and O–H groups in total. The van der Waals surface area contributed by atoms with Crippen molar-refractivity contribution < 1.29 is 36.9 Å². The number of rotatable bonds is 10. The van der Waals surface area contributed by atoms with Crippen LogP contribution >= 0.6 is 0 Å². The Morgan fingerprint density at radius 1 is 1.05 bits per heavy atom. The Balaban J connectivity index is 1.21. The molecule has 42 heavy (non-hydrogen) atoms. The van der Waals surface area contributed by atoms with E-state index in [1.807, 2.05) is 12.1 Å². The molecular formula is C31H35FN2O7S. The molecular weight excluding hydrogens is 563 g/mol. The Kier molecular flexibility index (Phi) is 8.88. The zero-order chi connectivity index (χ0) is 29.9. The quantitative estimate of drug-likeness (QED) is 0.343. The van der Waals surface area contributed by atoms with Crippen molar-refractivity contribution in [2.75, 3.05) is 26.5 Å². The molecule has 2 aliphatic rings. The largest absolute Gasteiger partial charge is 0.507 e. The first-order valence-corrected chi connectivity index (χ1v) is 15.5. The first kappa shape index (κ1) is 29.7. The van der Waals surface area contributed by atoms with Gasteiger partial charge in [-0.25, -0.2) is 17.5 Å². The van der Waals surface area contributed by atoms with Crippen molar-refractivity contribution >= 4 is 15.9 Å². The van der Waals surface area contributed by atoms with Gasteiger partial charge in [-0.15, -0.1) is 0 Å². The van der Waals surface area contributed by atoms with E-state index in [4.69, 9.17) is 14.2 Å². The number of aryl methyl sites for hydroxylation is 1. The van der Waals surface area contributed by atoms with Crippen LogP contribution in [0.25, 0.3) is 11.1 Å². The van der Waals surface area contributed by atoms with Gasteiger partial charge in [-0.3, -0.25) is 4.79 Å². The third kappa shape index (κ3) is 6.96. The van der Waals surface area contributed by atoms with E-state index in [9.17, 15) is 22.7 Å². The minimum Gasteiger partial charge on any atom is -0.507 e. The van der Waals surface area contributed by atoms with E-state index in [0.29, 0.717) is 19.0 Å². The van der Waals surface area contributed by atoms with Crippen LogP contribution in [0.5, 0.6) is 23.0 Å². The molecule has 0 bridgehead atoms. The number of nitrogens with zero attached hydrogens (tertiary/aromatic N) is 1. The lowest BCUT2D eigenvalue weighted by molar-refractivity contribution is -0.134. The number of fused-ring (bicyclic) bond motifs is 1. The predicted octanol–water partition coefficient (Wildman–Crippen LogP) is 4.86. The Morgan fingerprint density at radius 2 is 1.81 bits per heavy atom. The van der Waals surface area contributed by atoms with Crippen LogP contribution in [0.4, 0.5) is 4.39 Å². The summed E-state index contributed by atoms with van der Waals surface area (Å²) in [6.07, 6.45) is 3.72. The Hall–Kier alpha value is -3.83. The molecule has 0 atom stereocenters. The summed E-state index contributed by atoms with van der Waals surface area (Å²) in [6, 6.07) is 13.3. The Bertz CT molecular complexity index is 1550. The summed E-state index contributed by atoms with van der Waals surface area (Å²) in [4.78, 5) is 14.8. The highest BCUT2D eigenvalue weighted by molar-refractivity contribution is 7.89. The highest BCUT2D eigenvalue weighted by Gasteiger charge is 2.25. The number of phenols is 1. The summed E-state index contributed by atoms with van der Waals surface area (Å²) < 4.78 is 58.5. The van der Waals surface area contributed by atoms with Crippen molar-refractivity contribution in [3.8, 4) is 34.1 Å². The van der Waals surface area contributed by atoms with E-state index >= 15 is 0 Å². The van der Waals surface area contributed by atoms with E-state index in [1.165, 1.54) is 29.8 Å². The zero-order valence-corrected chi connectivity index (χ0v) is 24.5. The summed E-state index contributed by atoms with van der Waals surface area (Å²) in [6.45, 7) is 4.65. The summed E-state index contributed by atoms with van der Waals surface area (Å²) >= 11 is 0. The number of carbonyl (C=O) groups is 1. The molecule has 3 aromatic carbocycles. The standard InChI is InChI=1S/C31H35FN2O7S/c1-20(2)33-42(37,38)24-7-10-28(26(17-24)25-8-6-23(32)16-27(25)35)39-18-31(36)34-13-11-21(12-14-34)3-4-22-5-9-29-30(15-22)41-19-40-29/h5-10,15-17,20-21,33,35H,3-4,11-14,18-19H2,1-2H3. The molecule has 0 radical (unpaired) electrons. The number of aromatic hydroxyl groups is 1. The van der Waals surface area contributed by atoms with Gasteiger partial charge in [0, 0.05) is 36.3 Å². The normalized spacial score (nSPS) is 15.3. The van der Waals surface area contributed by atoms with Gasteiger partial charge in [0.2, 0.25) is 16.8 Å². The molecule has 224 valence electrons. The van der Waals surface area contributed by atoms with Crippen LogP contribution in [0.2, 0.25) is 0 Å². The number of phenolic OH excluding ortho intramolecular Hbond substituents is 1. The van der Waals surface area contributed by atoms with Gasteiger partial charge in [0.25, 0.3) is 5.91 Å². The lowest BCUT2D eigenvalue weighted by atomic mass is 9.90.